The van der Waals surface area contributed by atoms with E-state index >= 15 is 0 Å². The zero-order chi connectivity index (χ0) is 19.8. The van der Waals surface area contributed by atoms with Gasteiger partial charge in [-0.25, -0.2) is 0 Å². The largest absolute Gasteiger partial charge is 0.492 e. The number of carbonyl (C=O) groups is 1. The minimum Gasteiger partial charge on any atom is -0.400 e. The second-order valence-corrected chi connectivity index (χ2v) is 7.19. The Morgan fingerprint density at radius 1 is 1.23 bits per heavy atom. The van der Waals surface area contributed by atoms with E-state index in [1.807, 2.05) is 27.7 Å². The van der Waals surface area contributed by atoms with Crippen LogP contribution in [0, 0.1) is 0 Å². The van der Waals surface area contributed by atoms with E-state index in [4.69, 9.17) is 9.31 Å². The van der Waals surface area contributed by atoms with Gasteiger partial charge in [0.15, 0.2) is 0 Å². The highest BCUT2D eigenvalue weighted by Crippen LogP contribution is 2.38. The van der Waals surface area contributed by atoms with E-state index in [-0.39, 0.29) is 12.5 Å². The Labute approximate surface area is 151 Å². The molecule has 5 nitrogen and oxygen atoms in total. The Hall–Kier alpha value is -1.87. The Balaban J connectivity index is 2.30. The Bertz CT molecular complexity index is 684. The molecule has 0 radical (unpaired) electrons. The monoisotopic (exact) mass is 370 g/mol. The number of aromatic nitrogens is 1. The predicted octanol–water partition coefficient (Wildman–Crippen LogP) is 3.25. The molecule has 0 saturated carbocycles. The van der Waals surface area contributed by atoms with E-state index in [0.717, 1.165) is 12.3 Å². The van der Waals surface area contributed by atoms with Gasteiger partial charge in [0.25, 0.3) is 0 Å². The van der Waals surface area contributed by atoms with Crippen LogP contribution in [0.25, 0.3) is 6.08 Å². The second kappa shape index (κ2) is 7.04. The lowest BCUT2D eigenvalue weighted by Gasteiger charge is -2.32. The molecule has 1 saturated heterocycles. The molecule has 2 rings (SSSR count). The van der Waals surface area contributed by atoms with Gasteiger partial charge in [0.1, 0.15) is 0 Å². The highest BCUT2D eigenvalue weighted by atomic mass is 19.4. The lowest BCUT2D eigenvalue weighted by Crippen LogP contribution is -2.41. The fourth-order valence-electron chi connectivity index (χ4n) is 2.27. The number of halogens is 3. The maximum Gasteiger partial charge on any atom is 0.492 e. The van der Waals surface area contributed by atoms with Crippen molar-refractivity contribution < 1.29 is 27.3 Å². The molecule has 0 spiro atoms. The van der Waals surface area contributed by atoms with Crippen molar-refractivity contribution >= 4 is 19.1 Å². The van der Waals surface area contributed by atoms with Gasteiger partial charge in [-0.05, 0) is 51.4 Å². The highest BCUT2D eigenvalue weighted by Gasteiger charge is 2.52. The minimum atomic E-state index is -4.44. The van der Waals surface area contributed by atoms with Gasteiger partial charge in [0, 0.05) is 19.7 Å². The summed E-state index contributed by atoms with van der Waals surface area (Å²) >= 11 is 0. The van der Waals surface area contributed by atoms with Crippen LogP contribution in [0.15, 0.2) is 23.8 Å². The maximum absolute atomic E-state index is 12.7. The van der Waals surface area contributed by atoms with Crippen LogP contribution in [0.5, 0.6) is 0 Å². The van der Waals surface area contributed by atoms with Gasteiger partial charge in [-0.1, -0.05) is 0 Å². The standard InChI is InChI=1S/C17H22BF3N2O3/c1-11(24)22-10-13(18-25-15(2,3)16(4,5)26-18)8-14-7-6-12(9-23-14)17(19,20)21/h6-9H,10H2,1-5H3,(H,22,24). The van der Waals surface area contributed by atoms with Gasteiger partial charge in [-0.3, -0.25) is 9.78 Å². The van der Waals surface area contributed by atoms with Crippen molar-refractivity contribution in [3.63, 3.8) is 0 Å². The summed E-state index contributed by atoms with van der Waals surface area (Å²) in [4.78, 5) is 15.1. The molecular weight excluding hydrogens is 348 g/mol. The van der Waals surface area contributed by atoms with Crippen molar-refractivity contribution in [2.45, 2.75) is 52.0 Å². The normalized spacial score (nSPS) is 19.5. The summed E-state index contributed by atoms with van der Waals surface area (Å²) in [7, 11) is -0.740. The van der Waals surface area contributed by atoms with E-state index in [1.54, 1.807) is 6.08 Å². The number of rotatable bonds is 4. The highest BCUT2D eigenvalue weighted by molar-refractivity contribution is 6.56. The third-order valence-electron chi connectivity index (χ3n) is 4.54. The van der Waals surface area contributed by atoms with E-state index in [2.05, 4.69) is 10.3 Å². The topological polar surface area (TPSA) is 60.5 Å². The molecule has 0 unspecified atom stereocenters. The summed E-state index contributed by atoms with van der Waals surface area (Å²) in [6.45, 7) is 9.06. The molecule has 1 aliphatic heterocycles. The molecule has 1 fully saturated rings. The Morgan fingerprint density at radius 2 is 1.81 bits per heavy atom. The number of hydrogen-bond acceptors (Lipinski definition) is 4. The molecule has 1 aromatic rings. The molecule has 0 aromatic carbocycles. The number of alkyl halides is 3. The second-order valence-electron chi connectivity index (χ2n) is 7.19. The van der Waals surface area contributed by atoms with Gasteiger partial charge >= 0.3 is 13.3 Å². The molecule has 0 aliphatic carbocycles. The van der Waals surface area contributed by atoms with Crippen molar-refractivity contribution in [1.29, 1.82) is 0 Å². The Kier molecular flexibility index (Phi) is 5.53. The van der Waals surface area contributed by atoms with Crippen molar-refractivity contribution in [3.05, 3.63) is 35.1 Å². The maximum atomic E-state index is 12.7. The molecule has 1 amide bonds. The average Bonchev–Trinajstić information content (AvgIpc) is 2.71. The minimum absolute atomic E-state index is 0.134. The first-order valence-corrected chi connectivity index (χ1v) is 8.16. The van der Waals surface area contributed by atoms with E-state index in [0.29, 0.717) is 11.2 Å². The number of amides is 1. The van der Waals surface area contributed by atoms with E-state index in [9.17, 15) is 18.0 Å². The van der Waals surface area contributed by atoms with Crippen LogP contribution in [0.2, 0.25) is 0 Å². The number of nitrogens with one attached hydrogen (secondary N) is 1. The van der Waals surface area contributed by atoms with E-state index < -0.39 is 30.1 Å². The molecular formula is C17H22BF3N2O3. The van der Waals surface area contributed by atoms with Crippen LogP contribution in [-0.2, 0) is 20.3 Å². The first kappa shape index (κ1) is 20.4. The molecule has 142 valence electrons. The fraction of sp³-hybridized carbons (Fsp3) is 0.529. The summed E-state index contributed by atoms with van der Waals surface area (Å²) in [6, 6.07) is 2.22. The predicted molar refractivity (Wildman–Crippen MR) is 92.0 cm³/mol. The number of nitrogens with zero attached hydrogens (tertiary/aromatic N) is 1. The molecule has 1 aromatic heterocycles. The third-order valence-corrected chi connectivity index (χ3v) is 4.54. The van der Waals surface area contributed by atoms with Crippen LogP contribution in [0.3, 0.4) is 0 Å². The first-order valence-electron chi connectivity index (χ1n) is 8.16. The van der Waals surface area contributed by atoms with Gasteiger partial charge in [-0.2, -0.15) is 13.2 Å². The molecule has 0 atom stereocenters. The summed E-state index contributed by atoms with van der Waals surface area (Å²) in [5.41, 5.74) is -1.12. The van der Waals surface area contributed by atoms with Crippen LogP contribution >= 0.6 is 0 Å². The molecule has 0 bridgehead atoms. The fourth-order valence-corrected chi connectivity index (χ4v) is 2.27. The van der Waals surface area contributed by atoms with Crippen molar-refractivity contribution in [3.8, 4) is 0 Å². The van der Waals surface area contributed by atoms with Gasteiger partial charge < -0.3 is 14.6 Å². The van der Waals surface area contributed by atoms with Gasteiger partial charge in [-0.15, -0.1) is 0 Å². The van der Waals surface area contributed by atoms with E-state index in [1.165, 1.54) is 13.0 Å². The molecule has 9 heteroatoms. The van der Waals surface area contributed by atoms with Crippen LogP contribution in [0.4, 0.5) is 13.2 Å². The molecule has 1 N–H and O–H groups in total. The summed E-state index contributed by atoms with van der Waals surface area (Å²) < 4.78 is 49.9. The Morgan fingerprint density at radius 3 is 2.23 bits per heavy atom. The van der Waals surface area contributed by atoms with Crippen molar-refractivity contribution in [2.24, 2.45) is 0 Å². The summed E-state index contributed by atoms with van der Waals surface area (Å²) in [5.74, 6) is -0.243. The first-order chi connectivity index (χ1) is 11.8. The SMILES string of the molecule is CC(=O)NCC(=Cc1ccc(C(F)(F)F)cn1)B1OC(C)(C)C(C)(C)O1. The van der Waals surface area contributed by atoms with Crippen molar-refractivity contribution in [1.82, 2.24) is 10.3 Å². The van der Waals surface area contributed by atoms with Gasteiger partial charge in [0.2, 0.25) is 5.91 Å². The van der Waals surface area contributed by atoms with Crippen molar-refractivity contribution in [2.75, 3.05) is 6.54 Å². The zero-order valence-electron chi connectivity index (χ0n) is 15.4. The van der Waals surface area contributed by atoms with Crippen LogP contribution in [0.1, 0.15) is 45.9 Å². The number of carbonyl (C=O) groups excluding carboxylic acids is 1. The van der Waals surface area contributed by atoms with Gasteiger partial charge in [0.05, 0.1) is 22.5 Å². The smallest absolute Gasteiger partial charge is 0.400 e. The lowest BCUT2D eigenvalue weighted by atomic mass is 9.77. The quantitative estimate of drug-likeness (QED) is 0.827. The summed E-state index contributed by atoms with van der Waals surface area (Å²) in [5, 5.41) is 2.66. The number of pyridine rings is 1. The molecule has 26 heavy (non-hydrogen) atoms. The molecule has 2 heterocycles. The number of hydrogen-bond donors (Lipinski definition) is 1. The van der Waals surface area contributed by atoms with Crippen LogP contribution in [-0.4, -0.2) is 35.8 Å². The average molecular weight is 370 g/mol. The summed E-state index contributed by atoms with van der Waals surface area (Å²) in [6.07, 6.45) is -2.11. The molecule has 1 aliphatic rings. The third kappa shape index (κ3) is 4.65. The van der Waals surface area contributed by atoms with Crippen LogP contribution < -0.4 is 5.32 Å². The lowest BCUT2D eigenvalue weighted by molar-refractivity contribution is -0.137. The zero-order valence-corrected chi connectivity index (χ0v) is 15.4.